The van der Waals surface area contributed by atoms with Crippen LogP contribution in [0.4, 0.5) is 0 Å². The van der Waals surface area contributed by atoms with Crippen LogP contribution in [0.1, 0.15) is 36.5 Å². The van der Waals surface area contributed by atoms with Crippen molar-refractivity contribution in [1.82, 2.24) is 15.5 Å². The zero-order valence-electron chi connectivity index (χ0n) is 21.6. The summed E-state index contributed by atoms with van der Waals surface area (Å²) < 4.78 is 27.6. The molecule has 1 heterocycles. The van der Waals surface area contributed by atoms with Crippen molar-refractivity contribution in [3.8, 4) is 6.07 Å². The number of amides is 2. The molecule has 39 heavy (non-hydrogen) atoms. The zero-order valence-corrected chi connectivity index (χ0v) is 24.9. The summed E-state index contributed by atoms with van der Waals surface area (Å²) in [6.07, 6.45) is 3.06. The van der Waals surface area contributed by atoms with Gasteiger partial charge in [-0.2, -0.15) is 5.26 Å². The number of hydrogen-bond acceptors (Lipinski definition) is 7. The van der Waals surface area contributed by atoms with Gasteiger partial charge in [0.05, 0.1) is 16.7 Å². The molecule has 2 aliphatic rings. The van der Waals surface area contributed by atoms with Crippen LogP contribution in [0.25, 0.3) is 0 Å². The third-order valence-electron chi connectivity index (χ3n) is 7.28. The summed E-state index contributed by atoms with van der Waals surface area (Å²) in [4.78, 5) is 28.9. The molecule has 2 aromatic rings. The second-order valence-electron chi connectivity index (χ2n) is 9.90. The van der Waals surface area contributed by atoms with Gasteiger partial charge in [-0.15, -0.1) is 11.8 Å². The van der Waals surface area contributed by atoms with Crippen molar-refractivity contribution in [2.45, 2.75) is 40.7 Å². The lowest BCUT2D eigenvalue weighted by molar-refractivity contribution is -0.131. The number of benzene rings is 2. The lowest BCUT2D eigenvalue weighted by atomic mass is 9.80. The number of thioether (sulfide) groups is 1. The number of rotatable bonds is 9. The highest BCUT2D eigenvalue weighted by Gasteiger charge is 2.34. The Morgan fingerprint density at radius 1 is 1.08 bits per heavy atom. The van der Waals surface area contributed by atoms with E-state index in [1.807, 2.05) is 35.2 Å². The van der Waals surface area contributed by atoms with E-state index in [0.717, 1.165) is 40.9 Å². The van der Waals surface area contributed by atoms with Crippen molar-refractivity contribution in [2.75, 3.05) is 38.5 Å². The lowest BCUT2D eigenvalue weighted by Crippen LogP contribution is -2.47. The molecule has 3 atom stereocenters. The van der Waals surface area contributed by atoms with E-state index in [-0.39, 0.29) is 34.9 Å². The fourth-order valence-corrected chi connectivity index (χ4v) is 8.28. The minimum Gasteiger partial charge on any atom is -0.343 e. The summed E-state index contributed by atoms with van der Waals surface area (Å²) >= 11 is 4.87. The third kappa shape index (κ3) is 7.84. The van der Waals surface area contributed by atoms with E-state index in [4.69, 9.17) is 5.26 Å². The molecular formula is C28H33BrN4O4S2. The maximum atomic E-state index is 13.5. The average molecular weight is 634 g/mol. The SMILES string of the molecule is N#CCNC(=O)[C@H]1CCCC[C@@H]1CS(=O)(=O)c1ccc(SC(C(=O)N2CCNCC2)c2ccc(Br)cc2)cc1. The first-order valence-electron chi connectivity index (χ1n) is 13.2. The van der Waals surface area contributed by atoms with Crippen LogP contribution in [0.2, 0.25) is 0 Å². The number of carbonyl (C=O) groups excluding carboxylic acids is 2. The minimum absolute atomic E-state index is 0.0403. The van der Waals surface area contributed by atoms with Gasteiger partial charge in [-0.05, 0) is 60.7 Å². The van der Waals surface area contributed by atoms with Crippen LogP contribution >= 0.6 is 27.7 Å². The van der Waals surface area contributed by atoms with Gasteiger partial charge >= 0.3 is 0 Å². The first-order chi connectivity index (χ1) is 18.8. The molecule has 4 rings (SSSR count). The molecule has 0 bridgehead atoms. The summed E-state index contributed by atoms with van der Waals surface area (Å²) in [5.41, 5.74) is 0.890. The molecule has 2 aromatic carbocycles. The summed E-state index contributed by atoms with van der Waals surface area (Å²) in [7, 11) is -3.62. The Morgan fingerprint density at radius 2 is 1.74 bits per heavy atom. The Hall–Kier alpha value is -2.39. The first-order valence-corrected chi connectivity index (χ1v) is 16.5. The van der Waals surface area contributed by atoms with E-state index in [9.17, 15) is 18.0 Å². The highest BCUT2D eigenvalue weighted by atomic mass is 79.9. The van der Waals surface area contributed by atoms with E-state index in [1.165, 1.54) is 11.8 Å². The lowest BCUT2D eigenvalue weighted by Gasteiger charge is -2.31. The second-order valence-corrected chi connectivity index (χ2v) is 14.0. The second kappa shape index (κ2) is 13.8. The van der Waals surface area contributed by atoms with Gasteiger partial charge in [0.1, 0.15) is 11.8 Å². The van der Waals surface area contributed by atoms with Crippen molar-refractivity contribution in [2.24, 2.45) is 11.8 Å². The molecule has 2 N–H and O–H groups in total. The zero-order chi connectivity index (χ0) is 27.8. The molecule has 1 aliphatic heterocycles. The van der Waals surface area contributed by atoms with Gasteiger partial charge in [0, 0.05) is 41.5 Å². The van der Waals surface area contributed by atoms with E-state index < -0.39 is 21.0 Å². The molecule has 208 valence electrons. The highest BCUT2D eigenvalue weighted by molar-refractivity contribution is 9.10. The van der Waals surface area contributed by atoms with E-state index in [0.29, 0.717) is 25.9 Å². The van der Waals surface area contributed by atoms with Crippen molar-refractivity contribution < 1.29 is 18.0 Å². The predicted molar refractivity (Wildman–Crippen MR) is 155 cm³/mol. The van der Waals surface area contributed by atoms with Gasteiger partial charge in [-0.3, -0.25) is 9.59 Å². The van der Waals surface area contributed by atoms with Crippen molar-refractivity contribution >= 4 is 49.3 Å². The molecule has 1 saturated heterocycles. The number of hydrogen-bond donors (Lipinski definition) is 2. The molecule has 1 unspecified atom stereocenters. The summed E-state index contributed by atoms with van der Waals surface area (Å²) in [5.74, 6) is -0.989. The fraction of sp³-hybridized carbons (Fsp3) is 0.464. The quantitative estimate of drug-likeness (QED) is 0.317. The largest absolute Gasteiger partial charge is 0.343 e. The average Bonchev–Trinajstić information content (AvgIpc) is 2.95. The van der Waals surface area contributed by atoms with Gasteiger partial charge in [-0.25, -0.2) is 8.42 Å². The van der Waals surface area contributed by atoms with Crippen LogP contribution in [0.15, 0.2) is 62.8 Å². The maximum absolute atomic E-state index is 13.5. The molecule has 1 aliphatic carbocycles. The van der Waals surface area contributed by atoms with Crippen LogP contribution in [-0.2, 0) is 19.4 Å². The third-order valence-corrected chi connectivity index (χ3v) is 10.9. The summed E-state index contributed by atoms with van der Waals surface area (Å²) in [6.45, 7) is 2.75. The number of nitrogens with one attached hydrogen (secondary N) is 2. The van der Waals surface area contributed by atoms with Crippen LogP contribution in [0, 0.1) is 23.2 Å². The molecular weight excluding hydrogens is 600 g/mol. The Balaban J connectivity index is 1.49. The van der Waals surface area contributed by atoms with Gasteiger partial charge < -0.3 is 15.5 Å². The topological polar surface area (TPSA) is 119 Å². The smallest absolute Gasteiger partial charge is 0.240 e. The molecule has 0 radical (unpaired) electrons. The van der Waals surface area contributed by atoms with Gasteiger partial charge in [0.25, 0.3) is 0 Å². The monoisotopic (exact) mass is 632 g/mol. The van der Waals surface area contributed by atoms with Crippen LogP contribution in [-0.4, -0.2) is 63.6 Å². The van der Waals surface area contributed by atoms with Crippen molar-refractivity contribution in [3.63, 3.8) is 0 Å². The molecule has 0 aromatic heterocycles. The summed E-state index contributed by atoms with van der Waals surface area (Å²) in [6, 6.07) is 16.3. The van der Waals surface area contributed by atoms with Gasteiger partial charge in [-0.1, -0.05) is 40.9 Å². The van der Waals surface area contributed by atoms with Crippen LogP contribution in [0.5, 0.6) is 0 Å². The number of sulfone groups is 1. The number of piperazine rings is 1. The summed E-state index contributed by atoms with van der Waals surface area (Å²) in [5, 5.41) is 14.2. The number of carbonyl (C=O) groups is 2. The maximum Gasteiger partial charge on any atom is 0.240 e. The van der Waals surface area contributed by atoms with Crippen molar-refractivity contribution in [1.29, 1.82) is 5.26 Å². The van der Waals surface area contributed by atoms with Gasteiger partial charge in [0.15, 0.2) is 9.84 Å². The van der Waals surface area contributed by atoms with Gasteiger partial charge in [0.2, 0.25) is 11.8 Å². The van der Waals surface area contributed by atoms with Crippen molar-refractivity contribution in [3.05, 3.63) is 58.6 Å². The standard InChI is InChI=1S/C28H33BrN4O4S2/c29-22-7-5-20(6-8-22)26(28(35)33-17-15-31-16-18-33)38-23-9-11-24(12-10-23)39(36,37)19-21-3-1-2-4-25(21)27(34)32-14-13-30/h5-12,21,25-26,31H,1-4,14-19H2,(H,32,34)/t21-,25+,26?/m1/s1. The normalized spacial score (nSPS) is 20.6. The fourth-order valence-electron chi connectivity index (χ4n) is 5.20. The minimum atomic E-state index is -3.62. The number of nitrogens with zero attached hydrogens (tertiary/aromatic N) is 2. The van der Waals surface area contributed by atoms with E-state index >= 15 is 0 Å². The number of nitriles is 1. The molecule has 2 fully saturated rings. The van der Waals surface area contributed by atoms with Crippen LogP contribution < -0.4 is 10.6 Å². The highest BCUT2D eigenvalue weighted by Crippen LogP contribution is 2.38. The molecule has 1 saturated carbocycles. The molecule has 8 nitrogen and oxygen atoms in total. The van der Waals surface area contributed by atoms with E-state index in [1.54, 1.807) is 24.3 Å². The number of halogens is 1. The Bertz CT molecular complexity index is 1290. The Kier molecular flexibility index (Phi) is 10.5. The Morgan fingerprint density at radius 3 is 2.41 bits per heavy atom. The van der Waals surface area contributed by atoms with Crippen LogP contribution in [0.3, 0.4) is 0 Å². The van der Waals surface area contributed by atoms with E-state index in [2.05, 4.69) is 26.6 Å². The Labute approximate surface area is 243 Å². The molecule has 2 amide bonds. The predicted octanol–water partition coefficient (Wildman–Crippen LogP) is 3.93. The molecule has 11 heteroatoms. The first kappa shape index (κ1) is 29.6. The molecule has 0 spiro atoms.